The van der Waals surface area contributed by atoms with Gasteiger partial charge in [-0.25, -0.2) is 0 Å². The Bertz CT molecular complexity index is 88.8. The molecule has 66 valence electrons. The number of hydrogen-bond acceptors (Lipinski definition) is 5. The van der Waals surface area contributed by atoms with Gasteiger partial charge in [0.1, 0.15) is 0 Å². The Kier molecular flexibility index (Phi) is 14.1. The maximum Gasteiger partial charge on any atom is 1.00 e. The van der Waals surface area contributed by atoms with Crippen LogP contribution < -0.4 is 56.7 Å². The molecule has 1 atom stereocenters. The predicted octanol–water partition coefficient (Wildman–Crippen LogP) is -5.24. The van der Waals surface area contributed by atoms with Gasteiger partial charge in [-0.1, -0.05) is 6.10 Å². The molecule has 0 radical (unpaired) electrons. The molecule has 12 heavy (non-hydrogen) atoms. The monoisotopic (exact) mass is 201 g/mol. The normalized spacial score (nSPS) is 21.5. The van der Waals surface area contributed by atoms with Gasteiger partial charge in [0.2, 0.25) is 0 Å². The smallest absolute Gasteiger partial charge is 0.408 e. The van der Waals surface area contributed by atoms with Crippen molar-refractivity contribution in [2.24, 2.45) is 0 Å². The fraction of sp³-hybridized carbons (Fsp3) is 0.800. The summed E-state index contributed by atoms with van der Waals surface area (Å²) in [5, 5.41) is 24.6. The van der Waals surface area contributed by atoms with Crippen molar-refractivity contribution in [2.45, 2.75) is 6.10 Å². The third kappa shape index (κ3) is 14.0. The van der Waals surface area contributed by atoms with Gasteiger partial charge >= 0.3 is 58.7 Å². The van der Waals surface area contributed by atoms with E-state index in [-0.39, 0.29) is 57.5 Å². The minimum absolute atomic E-state index is 0. The van der Waals surface area contributed by atoms with E-state index in [2.05, 4.69) is 12.2 Å². The first-order chi connectivity index (χ1) is 5.13. The van der Waals surface area contributed by atoms with Crippen LogP contribution in [0.2, 0.25) is 0 Å². The molecule has 1 rings (SSSR count). The molecule has 1 saturated heterocycles. The van der Waals surface area contributed by atoms with Crippen LogP contribution in [0.4, 0.5) is 0 Å². The third-order valence-corrected chi connectivity index (χ3v) is 1.00. The summed E-state index contributed by atoms with van der Waals surface area (Å²) >= 11 is 0. The van der Waals surface area contributed by atoms with Gasteiger partial charge in [0, 0.05) is 6.54 Å². The summed E-state index contributed by atoms with van der Waals surface area (Å²) in [6, 6.07) is 0. The van der Waals surface area contributed by atoms with Crippen LogP contribution in [0, 0.1) is 6.92 Å². The van der Waals surface area contributed by atoms with E-state index < -0.39 is 7.32 Å². The molecule has 0 bridgehead atoms. The second kappa shape index (κ2) is 10.6. The zero-order valence-electron chi connectivity index (χ0n) is 7.23. The van der Waals surface area contributed by atoms with Crippen molar-refractivity contribution in [3.63, 3.8) is 0 Å². The Labute approximate surface area is 115 Å². The van der Waals surface area contributed by atoms with Crippen LogP contribution >= 0.6 is 0 Å². The molecule has 4 N–H and O–H groups in total. The van der Waals surface area contributed by atoms with Crippen molar-refractivity contribution in [1.82, 2.24) is 5.32 Å². The molecule has 1 aliphatic heterocycles. The molecule has 0 aliphatic carbocycles. The van der Waals surface area contributed by atoms with E-state index >= 15 is 0 Å². The maximum absolute atomic E-state index is 7.17. The number of hydrogen-bond donors (Lipinski definition) is 4. The summed E-state index contributed by atoms with van der Waals surface area (Å²) in [5.41, 5.74) is 0. The molecule has 0 aromatic rings. The fourth-order valence-corrected chi connectivity index (χ4v) is 0.620. The van der Waals surface area contributed by atoms with Crippen LogP contribution in [0.3, 0.4) is 0 Å². The average molecular weight is 201 g/mol. The molecule has 1 heterocycles. The molecule has 0 spiro atoms. The van der Waals surface area contributed by atoms with Crippen LogP contribution in [-0.2, 0) is 4.74 Å². The topological polar surface area (TPSA) is 82.0 Å². The van der Waals surface area contributed by atoms with Gasteiger partial charge < -0.3 is 32.0 Å². The van der Waals surface area contributed by atoms with Crippen molar-refractivity contribution in [3.05, 3.63) is 6.92 Å². The van der Waals surface area contributed by atoms with Crippen LogP contribution in [0.5, 0.6) is 0 Å². The molecule has 7 heteroatoms. The van der Waals surface area contributed by atoms with E-state index in [1.165, 1.54) is 0 Å². The summed E-state index contributed by atoms with van der Waals surface area (Å²) in [5.74, 6) is 0. The molecular weight excluding hydrogens is 188 g/mol. The van der Waals surface area contributed by atoms with Crippen LogP contribution in [0.15, 0.2) is 0 Å². The second-order valence-corrected chi connectivity index (χ2v) is 2.04. The van der Waals surface area contributed by atoms with Crippen molar-refractivity contribution in [1.29, 1.82) is 0 Å². The van der Waals surface area contributed by atoms with E-state index in [0.717, 1.165) is 19.7 Å². The van der Waals surface area contributed by atoms with Crippen LogP contribution in [-0.4, -0.2) is 48.2 Å². The van der Waals surface area contributed by atoms with E-state index in [1.54, 1.807) is 0 Å². The summed E-state index contributed by atoms with van der Waals surface area (Å²) < 4.78 is 5.10. The second-order valence-electron chi connectivity index (χ2n) is 2.04. The van der Waals surface area contributed by atoms with Crippen molar-refractivity contribution in [2.75, 3.05) is 19.7 Å². The molecular formula is C5H13BKNO4. The third-order valence-electron chi connectivity index (χ3n) is 1.00. The summed E-state index contributed by atoms with van der Waals surface area (Å²) in [6.07, 6.45) is 0.175. The van der Waals surface area contributed by atoms with Gasteiger partial charge in [-0.2, -0.15) is 0 Å². The van der Waals surface area contributed by atoms with Gasteiger partial charge in [0.15, 0.2) is 0 Å². The maximum atomic E-state index is 7.17. The summed E-state index contributed by atoms with van der Waals surface area (Å²) in [7, 11) is -2.17. The predicted molar refractivity (Wildman–Crippen MR) is 40.4 cm³/mol. The van der Waals surface area contributed by atoms with E-state index in [9.17, 15) is 0 Å². The molecule has 1 fully saturated rings. The van der Waals surface area contributed by atoms with Gasteiger partial charge in [0.25, 0.3) is 0 Å². The number of ether oxygens (including phenoxy) is 1. The molecule has 1 aliphatic rings. The van der Waals surface area contributed by atoms with Crippen molar-refractivity contribution >= 4 is 7.32 Å². The van der Waals surface area contributed by atoms with E-state index in [4.69, 9.17) is 19.8 Å². The summed E-state index contributed by atoms with van der Waals surface area (Å²) in [4.78, 5) is 0. The quantitative estimate of drug-likeness (QED) is 0.232. The Hall–Kier alpha value is 1.50. The van der Waals surface area contributed by atoms with Gasteiger partial charge in [0.05, 0.1) is 6.61 Å². The Balaban J connectivity index is 0. The Morgan fingerprint density at radius 1 is 1.42 bits per heavy atom. The van der Waals surface area contributed by atoms with Gasteiger partial charge in [-0.3, -0.25) is 0 Å². The largest absolute Gasteiger partial charge is 1.00 e. The summed E-state index contributed by atoms with van der Waals surface area (Å²) in [6.45, 7) is 6.41. The van der Waals surface area contributed by atoms with E-state index in [1.807, 2.05) is 0 Å². The molecule has 0 saturated carbocycles. The number of rotatable bonds is 0. The number of nitrogens with one attached hydrogen (secondary N) is 1. The van der Waals surface area contributed by atoms with E-state index in [0.29, 0.717) is 0 Å². The van der Waals surface area contributed by atoms with Gasteiger partial charge in [-0.15, -0.1) is 0 Å². The molecule has 0 amide bonds. The van der Waals surface area contributed by atoms with Crippen molar-refractivity contribution in [3.8, 4) is 0 Å². The molecule has 5 nitrogen and oxygen atoms in total. The molecule has 1 unspecified atom stereocenters. The molecule has 0 aromatic heterocycles. The first-order valence-corrected chi connectivity index (χ1v) is 3.32. The minimum Gasteiger partial charge on any atom is -0.408 e. The Morgan fingerprint density at radius 2 is 1.92 bits per heavy atom. The zero-order valence-corrected chi connectivity index (χ0v) is 10.4. The standard InChI is InChI=1S/C5H10NO.BH3O3.K/c1-5-4-6-2-3-7-5;2-1(3)4;/h5-6H,1-4H2;2-4H;/q-1;;+1. The first-order valence-electron chi connectivity index (χ1n) is 3.32. The molecule has 0 aromatic carbocycles. The zero-order chi connectivity index (χ0) is 8.69. The van der Waals surface area contributed by atoms with Gasteiger partial charge in [-0.05, 0) is 6.54 Å². The average Bonchev–Trinajstić information content (AvgIpc) is 1.87. The SMILES string of the molecule is OB(O)O.[CH2-]C1CNCCO1.[K+]. The Morgan fingerprint density at radius 3 is 2.08 bits per heavy atom. The van der Waals surface area contributed by atoms with Crippen LogP contribution in [0.1, 0.15) is 0 Å². The van der Waals surface area contributed by atoms with Crippen molar-refractivity contribution < 1.29 is 71.2 Å². The first kappa shape index (κ1) is 16.0. The van der Waals surface area contributed by atoms with Crippen LogP contribution in [0.25, 0.3) is 0 Å². The fourth-order valence-electron chi connectivity index (χ4n) is 0.620. The number of morpholine rings is 1. The minimum atomic E-state index is -2.17.